The van der Waals surface area contributed by atoms with E-state index in [1.54, 1.807) is 6.07 Å². The summed E-state index contributed by atoms with van der Waals surface area (Å²) in [5.74, 6) is 0. The summed E-state index contributed by atoms with van der Waals surface area (Å²) in [7, 11) is 0. The van der Waals surface area contributed by atoms with Crippen molar-refractivity contribution in [3.05, 3.63) is 40.7 Å². The molecule has 0 aliphatic heterocycles. The topological polar surface area (TPSA) is 47.3 Å². The van der Waals surface area contributed by atoms with E-state index < -0.39 is 0 Å². The summed E-state index contributed by atoms with van der Waals surface area (Å²) in [6.45, 7) is 2.01. The highest BCUT2D eigenvalue weighted by molar-refractivity contribution is 6.04. The average molecular weight is 240 g/mol. The van der Waals surface area contributed by atoms with Gasteiger partial charge in [-0.1, -0.05) is 6.08 Å². The largest absolute Gasteiger partial charge is 0.463 e. The maximum absolute atomic E-state index is 11.2. The van der Waals surface area contributed by atoms with E-state index in [1.807, 2.05) is 6.92 Å². The first kappa shape index (κ1) is 11.0. The molecule has 2 aromatic rings. The van der Waals surface area contributed by atoms with Crippen molar-refractivity contribution in [2.24, 2.45) is 0 Å². The highest BCUT2D eigenvalue weighted by atomic mass is 16.3. The zero-order valence-corrected chi connectivity index (χ0v) is 10.0. The molecule has 0 saturated carbocycles. The summed E-state index contributed by atoms with van der Waals surface area (Å²) in [4.78, 5) is 22.2. The molecule has 3 rings (SSSR count). The Morgan fingerprint density at radius 3 is 2.72 bits per heavy atom. The van der Waals surface area contributed by atoms with Crippen molar-refractivity contribution in [3.63, 3.8) is 0 Å². The van der Waals surface area contributed by atoms with Crippen molar-refractivity contribution in [2.45, 2.75) is 19.8 Å². The Hall–Kier alpha value is -2.16. The third kappa shape index (κ3) is 1.37. The smallest absolute Gasteiger partial charge is 0.153 e. The Balaban J connectivity index is 2.48. The van der Waals surface area contributed by atoms with Crippen molar-refractivity contribution < 1.29 is 14.0 Å². The molecule has 1 heterocycles. The maximum Gasteiger partial charge on any atom is 0.153 e. The summed E-state index contributed by atoms with van der Waals surface area (Å²) in [6.07, 6.45) is 6.99. The molecule has 18 heavy (non-hydrogen) atoms. The second kappa shape index (κ2) is 3.95. The lowest BCUT2D eigenvalue weighted by atomic mass is 9.86. The summed E-state index contributed by atoms with van der Waals surface area (Å²) in [5.41, 5.74) is 4.99. The van der Waals surface area contributed by atoms with Gasteiger partial charge in [-0.3, -0.25) is 9.59 Å². The molecule has 0 radical (unpaired) electrons. The lowest BCUT2D eigenvalue weighted by molar-refractivity contribution is 0.111. The third-order valence-corrected chi connectivity index (χ3v) is 3.53. The van der Waals surface area contributed by atoms with Gasteiger partial charge in [-0.05, 0) is 37.0 Å². The molecule has 0 fully saturated rings. The molecule has 1 aromatic carbocycles. The summed E-state index contributed by atoms with van der Waals surface area (Å²) >= 11 is 0. The molecule has 3 nitrogen and oxygen atoms in total. The van der Waals surface area contributed by atoms with Crippen LogP contribution in [0.5, 0.6) is 0 Å². The van der Waals surface area contributed by atoms with Crippen molar-refractivity contribution in [3.8, 4) is 0 Å². The van der Waals surface area contributed by atoms with Crippen molar-refractivity contribution in [1.29, 1.82) is 0 Å². The highest BCUT2D eigenvalue weighted by Crippen LogP contribution is 2.36. The van der Waals surface area contributed by atoms with E-state index in [1.165, 1.54) is 6.26 Å². The molecule has 3 heteroatoms. The molecule has 0 spiro atoms. The van der Waals surface area contributed by atoms with E-state index in [0.29, 0.717) is 16.7 Å². The van der Waals surface area contributed by atoms with Gasteiger partial charge in [-0.15, -0.1) is 0 Å². The number of fused-ring (bicyclic) bond motifs is 3. The van der Waals surface area contributed by atoms with E-state index >= 15 is 0 Å². The van der Waals surface area contributed by atoms with Crippen molar-refractivity contribution >= 4 is 29.1 Å². The molecular weight excluding hydrogens is 228 g/mol. The van der Waals surface area contributed by atoms with Crippen molar-refractivity contribution in [1.82, 2.24) is 0 Å². The third-order valence-electron chi connectivity index (χ3n) is 3.53. The van der Waals surface area contributed by atoms with E-state index in [9.17, 15) is 9.59 Å². The minimum atomic E-state index is 0.495. The van der Waals surface area contributed by atoms with E-state index in [2.05, 4.69) is 6.08 Å². The quantitative estimate of drug-likeness (QED) is 0.756. The number of carbonyl (C=O) groups is 2. The molecule has 0 atom stereocenters. The molecule has 0 N–H and O–H groups in total. The predicted octanol–water partition coefficient (Wildman–Crippen LogP) is 3.41. The van der Waals surface area contributed by atoms with Crippen LogP contribution in [0.1, 0.15) is 45.2 Å². The van der Waals surface area contributed by atoms with Crippen molar-refractivity contribution in [2.75, 3.05) is 0 Å². The number of furan rings is 1. The fourth-order valence-corrected chi connectivity index (χ4v) is 2.66. The first-order valence-electron chi connectivity index (χ1n) is 5.91. The van der Waals surface area contributed by atoms with Crippen LogP contribution in [0.15, 0.2) is 22.8 Å². The molecule has 0 amide bonds. The maximum atomic E-state index is 11.2. The summed E-state index contributed by atoms with van der Waals surface area (Å²) < 4.78 is 5.52. The number of hydrogen-bond acceptors (Lipinski definition) is 3. The monoisotopic (exact) mass is 240 g/mol. The van der Waals surface area contributed by atoms with Crippen LogP contribution in [0.2, 0.25) is 0 Å². The molecule has 0 unspecified atom stereocenters. The Morgan fingerprint density at radius 2 is 2.00 bits per heavy atom. The van der Waals surface area contributed by atoms with Crippen LogP contribution in [-0.2, 0) is 6.42 Å². The molecule has 90 valence electrons. The average Bonchev–Trinajstić information content (AvgIpc) is 2.80. The van der Waals surface area contributed by atoms with Crippen LogP contribution >= 0.6 is 0 Å². The zero-order chi connectivity index (χ0) is 12.7. The number of benzene rings is 1. The highest BCUT2D eigenvalue weighted by Gasteiger charge is 2.20. The Labute approximate surface area is 104 Å². The molecule has 0 saturated heterocycles. The number of allylic oxidation sites excluding steroid dienone is 2. The normalized spacial score (nSPS) is 14.2. The standard InChI is InChI=1S/C15H12O3/c1-9-3-2-4-12-10(6-16)5-13-11(7-17)8-18-15(13)14(9)12/h3,5-8H,2,4H2,1H3. The Kier molecular flexibility index (Phi) is 2.40. The van der Waals surface area contributed by atoms with Gasteiger partial charge in [0.1, 0.15) is 18.1 Å². The Morgan fingerprint density at radius 1 is 1.22 bits per heavy atom. The van der Waals surface area contributed by atoms with Crippen LogP contribution in [0.3, 0.4) is 0 Å². The zero-order valence-electron chi connectivity index (χ0n) is 10.0. The first-order valence-corrected chi connectivity index (χ1v) is 5.91. The molecule has 1 aliphatic rings. The molecule has 1 aliphatic carbocycles. The van der Waals surface area contributed by atoms with Crippen LogP contribution in [-0.4, -0.2) is 12.6 Å². The van der Waals surface area contributed by atoms with Crippen LogP contribution in [0.4, 0.5) is 0 Å². The molecule has 0 bridgehead atoms. The van der Waals surface area contributed by atoms with Gasteiger partial charge in [0.2, 0.25) is 0 Å². The number of carbonyl (C=O) groups excluding carboxylic acids is 2. The fourth-order valence-electron chi connectivity index (χ4n) is 2.66. The van der Waals surface area contributed by atoms with Gasteiger partial charge in [0.15, 0.2) is 6.29 Å². The minimum absolute atomic E-state index is 0.495. The SMILES string of the molecule is CC1=CCCc2c(C=O)cc3c(C=O)coc3c21. The second-order valence-electron chi connectivity index (χ2n) is 4.55. The van der Waals surface area contributed by atoms with E-state index in [-0.39, 0.29) is 0 Å². The Bertz CT molecular complexity index is 689. The summed E-state index contributed by atoms with van der Waals surface area (Å²) in [5, 5.41) is 0.723. The van der Waals surface area contributed by atoms with Gasteiger partial charge in [-0.25, -0.2) is 0 Å². The van der Waals surface area contributed by atoms with Gasteiger partial charge in [0, 0.05) is 16.5 Å². The van der Waals surface area contributed by atoms with Gasteiger partial charge in [0.05, 0.1) is 5.56 Å². The van der Waals surface area contributed by atoms with E-state index in [0.717, 1.165) is 47.5 Å². The van der Waals surface area contributed by atoms with Gasteiger partial charge in [0.25, 0.3) is 0 Å². The van der Waals surface area contributed by atoms with Gasteiger partial charge in [-0.2, -0.15) is 0 Å². The predicted molar refractivity (Wildman–Crippen MR) is 69.0 cm³/mol. The van der Waals surface area contributed by atoms with Gasteiger partial charge >= 0.3 is 0 Å². The lowest BCUT2D eigenvalue weighted by Crippen LogP contribution is -2.03. The first-order chi connectivity index (χ1) is 8.76. The number of rotatable bonds is 2. The minimum Gasteiger partial charge on any atom is -0.463 e. The fraction of sp³-hybridized carbons (Fsp3) is 0.200. The van der Waals surface area contributed by atoms with Crippen LogP contribution < -0.4 is 0 Å². The van der Waals surface area contributed by atoms with E-state index in [4.69, 9.17) is 4.42 Å². The lowest BCUT2D eigenvalue weighted by Gasteiger charge is -2.17. The molecule has 1 aromatic heterocycles. The van der Waals surface area contributed by atoms with Crippen LogP contribution in [0.25, 0.3) is 16.5 Å². The number of aldehydes is 2. The summed E-state index contributed by atoms with van der Waals surface area (Å²) in [6, 6.07) is 1.76. The molecular formula is C15H12O3. The van der Waals surface area contributed by atoms with Crippen LogP contribution in [0, 0.1) is 0 Å². The second-order valence-corrected chi connectivity index (χ2v) is 4.55. The number of hydrogen-bond donors (Lipinski definition) is 0. The van der Waals surface area contributed by atoms with Gasteiger partial charge < -0.3 is 4.42 Å².